The van der Waals surface area contributed by atoms with E-state index >= 15 is 0 Å². The predicted molar refractivity (Wildman–Crippen MR) is 82.4 cm³/mol. The summed E-state index contributed by atoms with van der Waals surface area (Å²) in [5.41, 5.74) is -0.971. The molecule has 1 aromatic heterocycles. The van der Waals surface area contributed by atoms with Crippen molar-refractivity contribution in [3.63, 3.8) is 0 Å². The molecule has 0 aliphatic carbocycles. The molecule has 1 aliphatic heterocycles. The first-order chi connectivity index (χ1) is 11.1. The Labute approximate surface area is 139 Å². The molecule has 24 heavy (non-hydrogen) atoms. The van der Waals surface area contributed by atoms with Crippen molar-refractivity contribution in [1.29, 1.82) is 0 Å². The van der Waals surface area contributed by atoms with E-state index in [0.29, 0.717) is 6.54 Å². The minimum atomic E-state index is -0.854. The number of esters is 1. The highest BCUT2D eigenvalue weighted by Gasteiger charge is 2.42. The van der Waals surface area contributed by atoms with Crippen LogP contribution >= 0.6 is 0 Å². The molecule has 0 unspecified atom stereocenters. The van der Waals surface area contributed by atoms with Gasteiger partial charge in [-0.25, -0.2) is 19.0 Å². The zero-order valence-electron chi connectivity index (χ0n) is 14.3. The Morgan fingerprint density at radius 3 is 2.54 bits per heavy atom. The van der Waals surface area contributed by atoms with E-state index in [4.69, 9.17) is 9.47 Å². The standard InChI is InChI=1S/C16H21FN2O5/c1-9-12(8-19(9)15(21)24-16(2,3)4)23-10-6-11(17)13(18-7-10)14(20)22-5/h6-7,9,12H,8H2,1-5H3/t9-,12+/m1/s1. The van der Waals surface area contributed by atoms with E-state index in [1.54, 1.807) is 20.8 Å². The van der Waals surface area contributed by atoms with Crippen LogP contribution in [0.3, 0.4) is 0 Å². The fourth-order valence-electron chi connectivity index (χ4n) is 2.18. The van der Waals surface area contributed by atoms with Gasteiger partial charge in [0.05, 0.1) is 25.9 Å². The minimum absolute atomic E-state index is 0.181. The van der Waals surface area contributed by atoms with Crippen LogP contribution < -0.4 is 4.74 Å². The largest absolute Gasteiger partial charge is 0.485 e. The lowest BCUT2D eigenvalue weighted by Gasteiger charge is -2.45. The summed E-state index contributed by atoms with van der Waals surface area (Å²) in [6.45, 7) is 7.52. The van der Waals surface area contributed by atoms with Crippen LogP contribution in [-0.2, 0) is 9.47 Å². The number of hydrogen-bond donors (Lipinski definition) is 0. The molecule has 8 heteroatoms. The van der Waals surface area contributed by atoms with E-state index in [1.165, 1.54) is 11.1 Å². The average Bonchev–Trinajstić information content (AvgIpc) is 2.48. The van der Waals surface area contributed by atoms with Gasteiger partial charge in [0.15, 0.2) is 11.5 Å². The van der Waals surface area contributed by atoms with Crippen LogP contribution in [0.5, 0.6) is 5.75 Å². The summed E-state index contributed by atoms with van der Waals surface area (Å²) in [5.74, 6) is -1.50. The van der Waals surface area contributed by atoms with Gasteiger partial charge in [-0.1, -0.05) is 0 Å². The summed E-state index contributed by atoms with van der Waals surface area (Å²) in [5, 5.41) is 0. The first-order valence-electron chi connectivity index (χ1n) is 7.52. The number of carbonyl (C=O) groups is 2. The minimum Gasteiger partial charge on any atom is -0.485 e. The number of nitrogens with zero attached hydrogens (tertiary/aromatic N) is 2. The third-order valence-electron chi connectivity index (χ3n) is 3.52. The molecule has 0 saturated carbocycles. The highest BCUT2D eigenvalue weighted by Crippen LogP contribution is 2.26. The Morgan fingerprint density at radius 1 is 1.38 bits per heavy atom. The number of rotatable bonds is 3. The van der Waals surface area contributed by atoms with Crippen molar-refractivity contribution in [2.24, 2.45) is 0 Å². The van der Waals surface area contributed by atoms with Gasteiger partial charge in [0.25, 0.3) is 0 Å². The summed E-state index contributed by atoms with van der Waals surface area (Å²) < 4.78 is 29.2. The van der Waals surface area contributed by atoms with Gasteiger partial charge in [0.1, 0.15) is 17.5 Å². The molecule has 1 aromatic rings. The van der Waals surface area contributed by atoms with E-state index < -0.39 is 29.2 Å². The SMILES string of the molecule is COC(=O)c1ncc(O[C@H]2CN(C(=O)OC(C)(C)C)[C@@H]2C)cc1F. The second kappa shape index (κ2) is 6.62. The van der Waals surface area contributed by atoms with Crippen molar-refractivity contribution < 1.29 is 28.2 Å². The predicted octanol–water partition coefficient (Wildman–Crippen LogP) is 2.39. The smallest absolute Gasteiger partial charge is 0.410 e. The maximum Gasteiger partial charge on any atom is 0.410 e. The lowest BCUT2D eigenvalue weighted by molar-refractivity contribution is -0.0538. The van der Waals surface area contributed by atoms with Crippen LogP contribution in [0.15, 0.2) is 12.3 Å². The van der Waals surface area contributed by atoms with Gasteiger partial charge >= 0.3 is 12.1 Å². The molecule has 0 radical (unpaired) electrons. The van der Waals surface area contributed by atoms with Gasteiger partial charge in [-0.05, 0) is 27.7 Å². The maximum atomic E-state index is 13.8. The first kappa shape index (κ1) is 18.0. The molecule has 2 heterocycles. The van der Waals surface area contributed by atoms with Crippen LogP contribution in [0.1, 0.15) is 38.2 Å². The molecule has 0 bridgehead atoms. The molecule has 1 fully saturated rings. The molecular weight excluding hydrogens is 319 g/mol. The number of likely N-dealkylation sites (tertiary alicyclic amines) is 1. The molecule has 2 rings (SSSR count). The molecule has 0 aromatic carbocycles. The maximum absolute atomic E-state index is 13.8. The summed E-state index contributed by atoms with van der Waals surface area (Å²) in [6.07, 6.45) is 0.529. The number of carbonyl (C=O) groups excluding carboxylic acids is 2. The van der Waals surface area contributed by atoms with E-state index in [9.17, 15) is 14.0 Å². The summed E-state index contributed by atoms with van der Waals surface area (Å²) in [4.78, 5) is 28.5. The molecule has 0 spiro atoms. The van der Waals surface area contributed by atoms with Gasteiger partial charge in [-0.2, -0.15) is 0 Å². The van der Waals surface area contributed by atoms with Gasteiger partial charge in [0, 0.05) is 6.07 Å². The van der Waals surface area contributed by atoms with E-state index in [1.807, 2.05) is 6.92 Å². The van der Waals surface area contributed by atoms with Crippen LogP contribution in [0, 0.1) is 5.82 Å². The Balaban J connectivity index is 1.96. The van der Waals surface area contributed by atoms with Crippen molar-refractivity contribution in [2.75, 3.05) is 13.7 Å². The van der Waals surface area contributed by atoms with Gasteiger partial charge in [-0.15, -0.1) is 0 Å². The van der Waals surface area contributed by atoms with Gasteiger partial charge in [0.2, 0.25) is 0 Å². The Hall–Kier alpha value is -2.38. The Kier molecular flexibility index (Phi) is 4.96. The number of halogens is 1. The lowest BCUT2D eigenvalue weighted by atomic mass is 10.0. The summed E-state index contributed by atoms with van der Waals surface area (Å²) in [6, 6.07) is 0.852. The third kappa shape index (κ3) is 3.93. The van der Waals surface area contributed by atoms with Crippen molar-refractivity contribution in [3.05, 3.63) is 23.8 Å². The zero-order chi connectivity index (χ0) is 18.1. The van der Waals surface area contributed by atoms with Crippen LogP contribution in [0.2, 0.25) is 0 Å². The molecular formula is C16H21FN2O5. The fraction of sp³-hybridized carbons (Fsp3) is 0.562. The highest BCUT2D eigenvalue weighted by atomic mass is 19.1. The summed E-state index contributed by atoms with van der Waals surface area (Å²) in [7, 11) is 1.15. The van der Waals surface area contributed by atoms with Crippen LogP contribution in [0.4, 0.5) is 9.18 Å². The monoisotopic (exact) mass is 340 g/mol. The van der Waals surface area contributed by atoms with Crippen molar-refractivity contribution in [3.8, 4) is 5.75 Å². The number of methoxy groups -OCH3 is 1. The second-order valence-electron chi connectivity index (χ2n) is 6.52. The van der Waals surface area contributed by atoms with E-state index in [-0.39, 0.29) is 17.9 Å². The Morgan fingerprint density at radius 2 is 2.04 bits per heavy atom. The van der Waals surface area contributed by atoms with Crippen LogP contribution in [-0.4, -0.2) is 53.3 Å². The van der Waals surface area contributed by atoms with E-state index in [2.05, 4.69) is 9.72 Å². The quantitative estimate of drug-likeness (QED) is 0.786. The normalized spacial score (nSPS) is 20.2. The van der Waals surface area contributed by atoms with Crippen molar-refractivity contribution in [1.82, 2.24) is 9.88 Å². The third-order valence-corrected chi connectivity index (χ3v) is 3.52. The number of ether oxygens (including phenoxy) is 3. The molecule has 0 N–H and O–H groups in total. The average molecular weight is 340 g/mol. The Bertz CT molecular complexity index is 644. The molecule has 1 aliphatic rings. The summed E-state index contributed by atoms with van der Waals surface area (Å²) >= 11 is 0. The molecule has 7 nitrogen and oxygen atoms in total. The van der Waals surface area contributed by atoms with Crippen molar-refractivity contribution in [2.45, 2.75) is 45.4 Å². The van der Waals surface area contributed by atoms with E-state index in [0.717, 1.165) is 13.2 Å². The van der Waals surface area contributed by atoms with Gasteiger partial charge < -0.3 is 14.2 Å². The molecule has 132 valence electrons. The number of amides is 1. The molecule has 1 saturated heterocycles. The zero-order valence-corrected chi connectivity index (χ0v) is 14.3. The topological polar surface area (TPSA) is 78.0 Å². The molecule has 1 amide bonds. The number of aromatic nitrogens is 1. The number of hydrogen-bond acceptors (Lipinski definition) is 6. The van der Waals surface area contributed by atoms with Crippen LogP contribution in [0.25, 0.3) is 0 Å². The van der Waals surface area contributed by atoms with Gasteiger partial charge in [-0.3, -0.25) is 4.90 Å². The first-order valence-corrected chi connectivity index (χ1v) is 7.52. The molecule has 2 atom stereocenters. The lowest BCUT2D eigenvalue weighted by Crippen LogP contribution is -2.63. The van der Waals surface area contributed by atoms with Crippen molar-refractivity contribution >= 4 is 12.1 Å². The highest BCUT2D eigenvalue weighted by molar-refractivity contribution is 5.87. The number of pyridine rings is 1. The second-order valence-corrected chi connectivity index (χ2v) is 6.52. The fourth-order valence-corrected chi connectivity index (χ4v) is 2.18.